The SMILES string of the molecule is NCCc1ccc(S(=O)(=O)Nc2cc(Cl)ccc2Br)s1. The van der Waals surface area contributed by atoms with E-state index in [9.17, 15) is 8.42 Å². The van der Waals surface area contributed by atoms with Crippen LogP contribution in [-0.2, 0) is 16.4 Å². The van der Waals surface area contributed by atoms with Crippen LogP contribution in [0.25, 0.3) is 0 Å². The van der Waals surface area contributed by atoms with Gasteiger partial charge in [0.05, 0.1) is 5.69 Å². The molecule has 2 aromatic rings. The van der Waals surface area contributed by atoms with Gasteiger partial charge in [0.15, 0.2) is 0 Å². The van der Waals surface area contributed by atoms with Gasteiger partial charge in [0.25, 0.3) is 10.0 Å². The zero-order valence-electron chi connectivity index (χ0n) is 10.3. The largest absolute Gasteiger partial charge is 0.330 e. The van der Waals surface area contributed by atoms with Crippen molar-refractivity contribution in [1.29, 1.82) is 0 Å². The molecule has 3 N–H and O–H groups in total. The van der Waals surface area contributed by atoms with Crippen LogP contribution in [0, 0.1) is 0 Å². The molecular weight excluding hydrogens is 384 g/mol. The van der Waals surface area contributed by atoms with Crippen LogP contribution < -0.4 is 10.5 Å². The van der Waals surface area contributed by atoms with Crippen molar-refractivity contribution in [3.63, 3.8) is 0 Å². The summed E-state index contributed by atoms with van der Waals surface area (Å²) in [5, 5.41) is 0.459. The minimum atomic E-state index is -3.61. The topological polar surface area (TPSA) is 72.2 Å². The Bertz CT molecular complexity index is 716. The second kappa shape index (κ2) is 6.44. The van der Waals surface area contributed by atoms with Crippen molar-refractivity contribution in [2.45, 2.75) is 10.6 Å². The molecule has 0 fully saturated rings. The maximum absolute atomic E-state index is 12.3. The zero-order valence-corrected chi connectivity index (χ0v) is 14.2. The fourth-order valence-electron chi connectivity index (χ4n) is 1.55. The average Bonchev–Trinajstić information content (AvgIpc) is 2.83. The van der Waals surface area contributed by atoms with E-state index >= 15 is 0 Å². The van der Waals surface area contributed by atoms with Gasteiger partial charge in [0.1, 0.15) is 4.21 Å². The molecule has 108 valence electrons. The van der Waals surface area contributed by atoms with Crippen LogP contribution in [0.1, 0.15) is 4.88 Å². The van der Waals surface area contributed by atoms with Crippen LogP contribution in [0.5, 0.6) is 0 Å². The fourth-order valence-corrected chi connectivity index (χ4v) is 4.64. The molecule has 0 atom stereocenters. The van der Waals surface area contributed by atoms with Crippen LogP contribution >= 0.6 is 38.9 Å². The van der Waals surface area contributed by atoms with Crippen LogP contribution in [0.4, 0.5) is 5.69 Å². The molecule has 0 amide bonds. The maximum Gasteiger partial charge on any atom is 0.271 e. The first kappa shape index (κ1) is 15.8. The number of nitrogens with two attached hydrogens (primary N) is 1. The first-order valence-corrected chi connectivity index (χ1v) is 9.16. The predicted molar refractivity (Wildman–Crippen MR) is 87.0 cm³/mol. The molecule has 1 aromatic carbocycles. The number of benzene rings is 1. The standard InChI is InChI=1S/C12H12BrClN2O2S2/c13-10-3-1-8(14)7-11(10)16-20(17,18)12-4-2-9(19-12)5-6-15/h1-4,7,16H,5-6,15H2. The summed E-state index contributed by atoms with van der Waals surface area (Å²) in [6.07, 6.45) is 0.668. The Morgan fingerprint density at radius 1 is 1.30 bits per heavy atom. The lowest BCUT2D eigenvalue weighted by Gasteiger charge is -2.08. The van der Waals surface area contributed by atoms with E-state index < -0.39 is 10.0 Å². The van der Waals surface area contributed by atoms with Crippen molar-refractivity contribution in [3.05, 3.63) is 44.7 Å². The van der Waals surface area contributed by atoms with Crippen LogP contribution in [0.15, 0.2) is 39.0 Å². The van der Waals surface area contributed by atoms with Gasteiger partial charge in [-0.15, -0.1) is 11.3 Å². The molecule has 0 bridgehead atoms. The quantitative estimate of drug-likeness (QED) is 0.814. The third-order valence-corrected chi connectivity index (χ3v) is 6.39. The summed E-state index contributed by atoms with van der Waals surface area (Å²) < 4.78 is 28.0. The summed E-state index contributed by atoms with van der Waals surface area (Å²) in [4.78, 5) is 0.943. The molecule has 0 spiro atoms. The lowest BCUT2D eigenvalue weighted by atomic mass is 10.3. The molecule has 0 saturated carbocycles. The van der Waals surface area contributed by atoms with E-state index in [1.54, 1.807) is 30.3 Å². The van der Waals surface area contributed by atoms with Gasteiger partial charge in [-0.25, -0.2) is 8.42 Å². The Morgan fingerprint density at radius 2 is 2.05 bits per heavy atom. The molecule has 1 aromatic heterocycles. The summed E-state index contributed by atoms with van der Waals surface area (Å²) in [5.74, 6) is 0. The molecule has 20 heavy (non-hydrogen) atoms. The summed E-state index contributed by atoms with van der Waals surface area (Å²) in [7, 11) is -3.61. The number of halogens is 2. The smallest absolute Gasteiger partial charge is 0.271 e. The number of sulfonamides is 1. The highest BCUT2D eigenvalue weighted by molar-refractivity contribution is 9.10. The normalized spacial score (nSPS) is 11.6. The van der Waals surface area contributed by atoms with E-state index in [4.69, 9.17) is 17.3 Å². The average molecular weight is 396 g/mol. The van der Waals surface area contributed by atoms with Crippen LogP contribution in [0.2, 0.25) is 5.02 Å². The van der Waals surface area contributed by atoms with Crippen molar-refractivity contribution in [2.24, 2.45) is 5.73 Å². The minimum Gasteiger partial charge on any atom is -0.330 e. The van der Waals surface area contributed by atoms with E-state index in [-0.39, 0.29) is 4.21 Å². The Morgan fingerprint density at radius 3 is 2.75 bits per heavy atom. The van der Waals surface area contributed by atoms with Gasteiger partial charge in [-0.05, 0) is 59.2 Å². The summed E-state index contributed by atoms with van der Waals surface area (Å²) >= 11 is 10.4. The van der Waals surface area contributed by atoms with Crippen LogP contribution in [0.3, 0.4) is 0 Å². The van der Waals surface area contributed by atoms with E-state index in [1.165, 1.54) is 11.3 Å². The van der Waals surface area contributed by atoms with Crippen molar-refractivity contribution < 1.29 is 8.42 Å². The number of nitrogens with one attached hydrogen (secondary N) is 1. The molecule has 1 heterocycles. The Kier molecular flexibility index (Phi) is 5.09. The molecular formula is C12H12BrClN2O2S2. The van der Waals surface area contributed by atoms with Gasteiger partial charge in [-0.3, -0.25) is 4.72 Å². The minimum absolute atomic E-state index is 0.257. The third kappa shape index (κ3) is 3.73. The molecule has 0 unspecified atom stereocenters. The highest BCUT2D eigenvalue weighted by Gasteiger charge is 2.18. The van der Waals surface area contributed by atoms with E-state index in [2.05, 4.69) is 20.7 Å². The van der Waals surface area contributed by atoms with Gasteiger partial charge in [0.2, 0.25) is 0 Å². The summed E-state index contributed by atoms with van der Waals surface area (Å²) in [6.45, 7) is 0.493. The van der Waals surface area contributed by atoms with Gasteiger partial charge in [0, 0.05) is 14.4 Å². The highest BCUT2D eigenvalue weighted by atomic mass is 79.9. The van der Waals surface area contributed by atoms with Crippen molar-refractivity contribution in [3.8, 4) is 0 Å². The lowest BCUT2D eigenvalue weighted by Crippen LogP contribution is -2.11. The second-order valence-corrected chi connectivity index (χ2v) is 8.36. The fraction of sp³-hybridized carbons (Fsp3) is 0.167. The van der Waals surface area contributed by atoms with Gasteiger partial charge in [-0.1, -0.05) is 11.6 Å². The predicted octanol–water partition coefficient (Wildman–Crippen LogP) is 3.47. The Labute approximate surface area is 135 Å². The van der Waals surface area contributed by atoms with Gasteiger partial charge < -0.3 is 5.73 Å². The maximum atomic E-state index is 12.3. The molecule has 2 rings (SSSR count). The number of rotatable bonds is 5. The molecule has 0 aliphatic carbocycles. The number of anilines is 1. The van der Waals surface area contributed by atoms with Gasteiger partial charge >= 0.3 is 0 Å². The second-order valence-electron chi connectivity index (χ2n) is 3.99. The number of hydrogen-bond donors (Lipinski definition) is 2. The summed E-state index contributed by atoms with van der Waals surface area (Å²) in [6, 6.07) is 8.27. The van der Waals surface area contributed by atoms with E-state index in [0.29, 0.717) is 28.1 Å². The van der Waals surface area contributed by atoms with Crippen molar-refractivity contribution >= 4 is 54.6 Å². The Balaban J connectivity index is 2.28. The summed E-state index contributed by atoms with van der Waals surface area (Å²) in [5.41, 5.74) is 5.87. The highest BCUT2D eigenvalue weighted by Crippen LogP contribution is 2.30. The molecule has 8 heteroatoms. The van der Waals surface area contributed by atoms with E-state index in [0.717, 1.165) is 4.88 Å². The Hall–Kier alpha value is -0.600. The van der Waals surface area contributed by atoms with Crippen LogP contribution in [-0.4, -0.2) is 15.0 Å². The van der Waals surface area contributed by atoms with Crippen molar-refractivity contribution in [1.82, 2.24) is 0 Å². The van der Waals surface area contributed by atoms with Gasteiger partial charge in [-0.2, -0.15) is 0 Å². The number of thiophene rings is 1. The monoisotopic (exact) mass is 394 g/mol. The third-order valence-electron chi connectivity index (χ3n) is 2.47. The molecule has 0 aliphatic rings. The first-order valence-electron chi connectivity index (χ1n) is 5.69. The number of hydrogen-bond acceptors (Lipinski definition) is 4. The molecule has 0 saturated heterocycles. The first-order chi connectivity index (χ1) is 9.42. The van der Waals surface area contributed by atoms with Crippen molar-refractivity contribution in [2.75, 3.05) is 11.3 Å². The lowest BCUT2D eigenvalue weighted by molar-refractivity contribution is 0.603. The van der Waals surface area contributed by atoms with E-state index in [1.807, 2.05) is 0 Å². The molecule has 0 radical (unpaired) electrons. The molecule has 0 aliphatic heterocycles. The zero-order chi connectivity index (χ0) is 14.8. The molecule has 4 nitrogen and oxygen atoms in total.